The van der Waals surface area contributed by atoms with Crippen molar-refractivity contribution in [2.75, 3.05) is 7.11 Å². The predicted octanol–water partition coefficient (Wildman–Crippen LogP) is 3.00. The molecule has 20 heavy (non-hydrogen) atoms. The highest BCUT2D eigenvalue weighted by molar-refractivity contribution is 5.83. The van der Waals surface area contributed by atoms with Crippen LogP contribution in [0, 0.1) is 0 Å². The number of carbonyl (C=O) groups is 1. The van der Waals surface area contributed by atoms with Crippen molar-refractivity contribution in [3.8, 4) is 11.5 Å². The molecule has 2 N–H and O–H groups in total. The van der Waals surface area contributed by atoms with Crippen LogP contribution in [-0.4, -0.2) is 19.1 Å². The van der Waals surface area contributed by atoms with Gasteiger partial charge in [0.05, 0.1) is 19.1 Å². The minimum atomic E-state index is -0.332. The Morgan fingerprint density at radius 3 is 2.65 bits per heavy atom. The number of amides is 1. The molecule has 2 rings (SSSR count). The molecule has 0 spiro atoms. The third-order valence-electron chi connectivity index (χ3n) is 3.94. The fraction of sp³-hybridized carbons (Fsp3) is 0.562. The Balaban J connectivity index is 2.36. The number of methoxy groups -OCH3 is 1. The molecule has 0 bridgehead atoms. The summed E-state index contributed by atoms with van der Waals surface area (Å²) in [5, 5.41) is 0. The van der Waals surface area contributed by atoms with Gasteiger partial charge in [-0.25, -0.2) is 0 Å². The highest BCUT2D eigenvalue weighted by atomic mass is 16.5. The second kappa shape index (κ2) is 6.64. The summed E-state index contributed by atoms with van der Waals surface area (Å²) >= 11 is 0. The van der Waals surface area contributed by atoms with Gasteiger partial charge in [-0.3, -0.25) is 4.79 Å². The van der Waals surface area contributed by atoms with Crippen molar-refractivity contribution in [1.29, 1.82) is 0 Å². The summed E-state index contributed by atoms with van der Waals surface area (Å²) in [6, 6.07) is 5.65. The molecule has 1 aromatic rings. The van der Waals surface area contributed by atoms with Gasteiger partial charge < -0.3 is 15.2 Å². The van der Waals surface area contributed by atoms with Gasteiger partial charge >= 0.3 is 0 Å². The third kappa shape index (κ3) is 3.06. The molecule has 1 amide bonds. The van der Waals surface area contributed by atoms with E-state index in [9.17, 15) is 4.79 Å². The number of carbonyl (C=O) groups excluding carboxylic acids is 1. The van der Waals surface area contributed by atoms with Crippen LogP contribution in [0.15, 0.2) is 18.2 Å². The van der Waals surface area contributed by atoms with E-state index < -0.39 is 0 Å². The van der Waals surface area contributed by atoms with Crippen molar-refractivity contribution in [3.63, 3.8) is 0 Å². The summed E-state index contributed by atoms with van der Waals surface area (Å²) in [7, 11) is 1.62. The van der Waals surface area contributed by atoms with Crippen LogP contribution >= 0.6 is 0 Å². The molecule has 0 aliphatic heterocycles. The highest BCUT2D eigenvalue weighted by Crippen LogP contribution is 2.39. The molecule has 1 fully saturated rings. The molecule has 1 aliphatic rings. The lowest BCUT2D eigenvalue weighted by molar-refractivity contribution is -0.119. The largest absolute Gasteiger partial charge is 0.493 e. The first kappa shape index (κ1) is 14.7. The third-order valence-corrected chi connectivity index (χ3v) is 3.94. The molecule has 1 atom stereocenters. The highest BCUT2D eigenvalue weighted by Gasteiger charge is 2.25. The van der Waals surface area contributed by atoms with Gasteiger partial charge in [-0.2, -0.15) is 0 Å². The Morgan fingerprint density at radius 1 is 1.40 bits per heavy atom. The van der Waals surface area contributed by atoms with E-state index in [-0.39, 0.29) is 17.9 Å². The van der Waals surface area contributed by atoms with Gasteiger partial charge in [-0.15, -0.1) is 0 Å². The second-order valence-corrected chi connectivity index (χ2v) is 5.27. The van der Waals surface area contributed by atoms with E-state index in [1.54, 1.807) is 7.11 Å². The smallest absolute Gasteiger partial charge is 0.225 e. The van der Waals surface area contributed by atoms with E-state index in [1.807, 2.05) is 25.1 Å². The lowest BCUT2D eigenvalue weighted by Gasteiger charge is -2.22. The average molecular weight is 277 g/mol. The van der Waals surface area contributed by atoms with Crippen molar-refractivity contribution >= 4 is 5.91 Å². The van der Waals surface area contributed by atoms with Crippen molar-refractivity contribution in [2.45, 2.75) is 51.0 Å². The molecule has 1 saturated carbocycles. The second-order valence-electron chi connectivity index (χ2n) is 5.27. The van der Waals surface area contributed by atoms with Gasteiger partial charge in [0, 0.05) is 5.56 Å². The number of benzene rings is 1. The summed E-state index contributed by atoms with van der Waals surface area (Å²) in [6.07, 6.45) is 5.39. The lowest BCUT2D eigenvalue weighted by atomic mass is 9.94. The van der Waals surface area contributed by atoms with Gasteiger partial charge in [0.2, 0.25) is 5.91 Å². The number of para-hydroxylation sites is 1. The van der Waals surface area contributed by atoms with Crippen LogP contribution in [0.3, 0.4) is 0 Å². The van der Waals surface area contributed by atoms with E-state index >= 15 is 0 Å². The van der Waals surface area contributed by atoms with Gasteiger partial charge in [0.25, 0.3) is 0 Å². The zero-order chi connectivity index (χ0) is 14.5. The Hall–Kier alpha value is -1.71. The SMILES string of the molecule is CCC(C(N)=O)c1cccc(OC)c1OC1CCCC1. The van der Waals surface area contributed by atoms with E-state index in [2.05, 4.69) is 0 Å². The molecular formula is C16H23NO3. The van der Waals surface area contributed by atoms with Crippen molar-refractivity contribution in [1.82, 2.24) is 0 Å². The maximum absolute atomic E-state index is 11.6. The summed E-state index contributed by atoms with van der Waals surface area (Å²) < 4.78 is 11.5. The van der Waals surface area contributed by atoms with Crippen LogP contribution in [-0.2, 0) is 4.79 Å². The first-order valence-electron chi connectivity index (χ1n) is 7.30. The van der Waals surface area contributed by atoms with Crippen LogP contribution in [0.25, 0.3) is 0 Å². The molecule has 0 radical (unpaired) electrons. The van der Waals surface area contributed by atoms with Crippen LogP contribution in [0.4, 0.5) is 0 Å². The Morgan fingerprint density at radius 2 is 2.10 bits per heavy atom. The maximum atomic E-state index is 11.6. The van der Waals surface area contributed by atoms with Crippen molar-refractivity contribution in [2.24, 2.45) is 5.73 Å². The summed E-state index contributed by atoms with van der Waals surface area (Å²) in [5.41, 5.74) is 6.35. The number of hydrogen-bond acceptors (Lipinski definition) is 3. The van der Waals surface area contributed by atoms with E-state index in [0.717, 1.165) is 18.4 Å². The van der Waals surface area contributed by atoms with E-state index in [1.165, 1.54) is 12.8 Å². The van der Waals surface area contributed by atoms with E-state index in [4.69, 9.17) is 15.2 Å². The maximum Gasteiger partial charge on any atom is 0.225 e. The molecule has 0 saturated heterocycles. The van der Waals surface area contributed by atoms with Gasteiger partial charge in [0.1, 0.15) is 0 Å². The molecule has 4 nitrogen and oxygen atoms in total. The van der Waals surface area contributed by atoms with Crippen LogP contribution < -0.4 is 15.2 Å². The molecular weight excluding hydrogens is 254 g/mol. The molecule has 110 valence electrons. The average Bonchev–Trinajstić information content (AvgIpc) is 2.93. The summed E-state index contributed by atoms with van der Waals surface area (Å²) in [6.45, 7) is 1.95. The molecule has 4 heteroatoms. The summed E-state index contributed by atoms with van der Waals surface area (Å²) in [5.74, 6) is 0.708. The molecule has 1 aromatic carbocycles. The monoisotopic (exact) mass is 277 g/mol. The van der Waals surface area contributed by atoms with Gasteiger partial charge in [-0.05, 0) is 38.2 Å². The number of primary amides is 1. The fourth-order valence-electron chi connectivity index (χ4n) is 2.84. The standard InChI is InChI=1S/C16H23NO3/c1-3-12(16(17)18)13-9-6-10-14(19-2)15(13)20-11-7-4-5-8-11/h6,9-12H,3-5,7-8H2,1-2H3,(H2,17,18). The van der Waals surface area contributed by atoms with E-state index in [0.29, 0.717) is 17.9 Å². The number of rotatable bonds is 6. The van der Waals surface area contributed by atoms with Gasteiger partial charge in [0.15, 0.2) is 11.5 Å². The Labute approximate surface area is 120 Å². The quantitative estimate of drug-likeness (QED) is 0.869. The Kier molecular flexibility index (Phi) is 4.88. The molecule has 0 aromatic heterocycles. The normalized spacial score (nSPS) is 16.9. The minimum absolute atomic E-state index is 0.218. The van der Waals surface area contributed by atoms with Crippen LogP contribution in [0.2, 0.25) is 0 Å². The van der Waals surface area contributed by atoms with Crippen LogP contribution in [0.5, 0.6) is 11.5 Å². The zero-order valence-electron chi connectivity index (χ0n) is 12.2. The number of nitrogens with two attached hydrogens (primary N) is 1. The number of hydrogen-bond donors (Lipinski definition) is 1. The lowest BCUT2D eigenvalue weighted by Crippen LogP contribution is -2.22. The van der Waals surface area contributed by atoms with Crippen LogP contribution in [0.1, 0.15) is 50.5 Å². The van der Waals surface area contributed by atoms with Crippen molar-refractivity contribution < 1.29 is 14.3 Å². The molecule has 1 unspecified atom stereocenters. The fourth-order valence-corrected chi connectivity index (χ4v) is 2.84. The first-order chi connectivity index (χ1) is 9.67. The zero-order valence-corrected chi connectivity index (χ0v) is 12.2. The number of ether oxygens (including phenoxy) is 2. The van der Waals surface area contributed by atoms with Crippen molar-refractivity contribution in [3.05, 3.63) is 23.8 Å². The minimum Gasteiger partial charge on any atom is -0.493 e. The predicted molar refractivity (Wildman–Crippen MR) is 78.1 cm³/mol. The Bertz CT molecular complexity index is 467. The topological polar surface area (TPSA) is 61.6 Å². The summed E-state index contributed by atoms with van der Waals surface area (Å²) in [4.78, 5) is 11.6. The van der Waals surface area contributed by atoms with Gasteiger partial charge in [-0.1, -0.05) is 19.1 Å². The first-order valence-corrected chi connectivity index (χ1v) is 7.30. The molecule has 1 aliphatic carbocycles. The molecule has 0 heterocycles.